The van der Waals surface area contributed by atoms with Gasteiger partial charge in [0.05, 0.1) is 17.9 Å². The van der Waals surface area contributed by atoms with Gasteiger partial charge in [0.25, 0.3) is 0 Å². The van der Waals surface area contributed by atoms with E-state index < -0.39 is 0 Å². The third kappa shape index (κ3) is 2.37. The Morgan fingerprint density at radius 2 is 2.30 bits per heavy atom. The Morgan fingerprint density at radius 3 is 3.15 bits per heavy atom. The highest BCUT2D eigenvalue weighted by Crippen LogP contribution is 2.27. The van der Waals surface area contributed by atoms with E-state index in [0.717, 1.165) is 29.9 Å². The van der Waals surface area contributed by atoms with Gasteiger partial charge in [0, 0.05) is 24.0 Å². The molecule has 2 heterocycles. The molecule has 0 radical (unpaired) electrons. The largest absolute Gasteiger partial charge is 0.462 e. The van der Waals surface area contributed by atoms with Crippen LogP contribution in [0.1, 0.15) is 22.8 Å². The van der Waals surface area contributed by atoms with E-state index in [1.54, 1.807) is 13.0 Å². The van der Waals surface area contributed by atoms with Crippen molar-refractivity contribution in [2.75, 3.05) is 18.5 Å². The molecule has 102 valence electrons. The molecule has 4 heteroatoms. The highest BCUT2D eigenvalue weighted by molar-refractivity contribution is 5.91. The van der Waals surface area contributed by atoms with Crippen LogP contribution in [0.15, 0.2) is 36.5 Å². The fourth-order valence-electron chi connectivity index (χ4n) is 2.36. The summed E-state index contributed by atoms with van der Waals surface area (Å²) in [5.41, 5.74) is 4.72. The van der Waals surface area contributed by atoms with Gasteiger partial charge in [-0.3, -0.25) is 4.98 Å². The van der Waals surface area contributed by atoms with Crippen LogP contribution >= 0.6 is 0 Å². The quantitative estimate of drug-likeness (QED) is 0.870. The number of aromatic nitrogens is 1. The summed E-state index contributed by atoms with van der Waals surface area (Å²) in [6.07, 6.45) is 2.92. The minimum atomic E-state index is -0.298. The van der Waals surface area contributed by atoms with Crippen molar-refractivity contribution >= 4 is 11.7 Å². The normalized spacial score (nSPS) is 12.7. The maximum atomic E-state index is 11.8. The molecule has 20 heavy (non-hydrogen) atoms. The van der Waals surface area contributed by atoms with Gasteiger partial charge in [0.15, 0.2) is 0 Å². The summed E-state index contributed by atoms with van der Waals surface area (Å²) in [6.45, 7) is 3.14. The second kappa shape index (κ2) is 5.33. The lowest BCUT2D eigenvalue weighted by atomic mass is 10.1. The van der Waals surface area contributed by atoms with E-state index in [2.05, 4.69) is 10.3 Å². The van der Waals surface area contributed by atoms with Crippen LogP contribution in [0.4, 0.5) is 5.69 Å². The lowest BCUT2D eigenvalue weighted by Gasteiger charge is -2.06. The Morgan fingerprint density at radius 1 is 1.40 bits per heavy atom. The van der Waals surface area contributed by atoms with Crippen molar-refractivity contribution in [2.24, 2.45) is 0 Å². The van der Waals surface area contributed by atoms with Crippen LogP contribution in [-0.4, -0.2) is 24.1 Å². The zero-order chi connectivity index (χ0) is 13.9. The van der Waals surface area contributed by atoms with Crippen LogP contribution in [0, 0.1) is 0 Å². The van der Waals surface area contributed by atoms with Gasteiger partial charge < -0.3 is 10.1 Å². The molecule has 4 nitrogen and oxygen atoms in total. The van der Waals surface area contributed by atoms with Gasteiger partial charge >= 0.3 is 5.97 Å². The maximum absolute atomic E-state index is 11.8. The summed E-state index contributed by atoms with van der Waals surface area (Å²) in [7, 11) is 0. The Balaban J connectivity index is 1.94. The average molecular weight is 268 g/mol. The number of carbonyl (C=O) groups excluding carboxylic acids is 1. The highest BCUT2D eigenvalue weighted by Gasteiger charge is 2.13. The minimum Gasteiger partial charge on any atom is -0.462 e. The van der Waals surface area contributed by atoms with E-state index in [4.69, 9.17) is 4.74 Å². The predicted octanol–water partition coefficient (Wildman–Crippen LogP) is 2.89. The Hall–Kier alpha value is -2.36. The second-order valence-electron chi connectivity index (χ2n) is 4.70. The summed E-state index contributed by atoms with van der Waals surface area (Å²) < 4.78 is 5.02. The third-order valence-corrected chi connectivity index (χ3v) is 3.37. The molecule has 3 rings (SSSR count). The van der Waals surface area contributed by atoms with Crippen LogP contribution < -0.4 is 5.32 Å². The summed E-state index contributed by atoms with van der Waals surface area (Å²) in [5, 5.41) is 3.34. The molecule has 0 fully saturated rings. The third-order valence-electron chi connectivity index (χ3n) is 3.37. The molecule has 1 aliphatic heterocycles. The number of ether oxygens (including phenoxy) is 1. The average Bonchev–Trinajstić information content (AvgIpc) is 2.95. The first-order valence-corrected chi connectivity index (χ1v) is 6.78. The van der Waals surface area contributed by atoms with E-state index >= 15 is 0 Å². The maximum Gasteiger partial charge on any atom is 0.338 e. The summed E-state index contributed by atoms with van der Waals surface area (Å²) in [5.74, 6) is -0.298. The van der Waals surface area contributed by atoms with E-state index in [1.807, 2.05) is 30.5 Å². The molecule has 0 saturated carbocycles. The van der Waals surface area contributed by atoms with Gasteiger partial charge in [-0.25, -0.2) is 4.79 Å². The monoisotopic (exact) mass is 268 g/mol. The Bertz CT molecular complexity index is 653. The first-order chi connectivity index (χ1) is 9.78. The molecular formula is C16H16N2O2. The minimum absolute atomic E-state index is 0.298. The van der Waals surface area contributed by atoms with E-state index in [9.17, 15) is 4.79 Å². The molecule has 1 aromatic heterocycles. The summed E-state index contributed by atoms with van der Waals surface area (Å²) in [6, 6.07) is 9.41. The van der Waals surface area contributed by atoms with Crippen LogP contribution in [0.5, 0.6) is 0 Å². The lowest BCUT2D eigenvalue weighted by molar-refractivity contribution is 0.0526. The van der Waals surface area contributed by atoms with E-state index in [0.29, 0.717) is 12.2 Å². The molecule has 0 spiro atoms. The SMILES string of the molecule is CCOC(=O)c1cccc(-c2cc3c(cn2)CCN3)c1. The van der Waals surface area contributed by atoms with Crippen molar-refractivity contribution in [1.82, 2.24) is 4.98 Å². The zero-order valence-electron chi connectivity index (χ0n) is 11.3. The van der Waals surface area contributed by atoms with Crippen molar-refractivity contribution < 1.29 is 9.53 Å². The molecule has 0 aliphatic carbocycles. The first kappa shape index (κ1) is 12.7. The van der Waals surface area contributed by atoms with Gasteiger partial charge in [0.2, 0.25) is 0 Å². The molecule has 1 aliphatic rings. The molecule has 0 unspecified atom stereocenters. The summed E-state index contributed by atoms with van der Waals surface area (Å²) >= 11 is 0. The fourth-order valence-corrected chi connectivity index (χ4v) is 2.36. The van der Waals surface area contributed by atoms with Crippen LogP contribution in [0.3, 0.4) is 0 Å². The molecule has 2 aromatic rings. The van der Waals surface area contributed by atoms with Crippen molar-refractivity contribution in [3.05, 3.63) is 47.7 Å². The van der Waals surface area contributed by atoms with E-state index in [1.165, 1.54) is 5.56 Å². The number of rotatable bonds is 3. The van der Waals surface area contributed by atoms with Gasteiger partial charge in [-0.05, 0) is 37.1 Å². The van der Waals surface area contributed by atoms with Crippen LogP contribution in [0.25, 0.3) is 11.3 Å². The Kier molecular flexibility index (Phi) is 3.37. The zero-order valence-corrected chi connectivity index (χ0v) is 11.3. The summed E-state index contributed by atoms with van der Waals surface area (Å²) in [4.78, 5) is 16.2. The molecule has 0 bridgehead atoms. The van der Waals surface area contributed by atoms with Crippen molar-refractivity contribution in [3.63, 3.8) is 0 Å². The molecule has 1 N–H and O–H groups in total. The van der Waals surface area contributed by atoms with Gasteiger partial charge in [-0.1, -0.05) is 12.1 Å². The number of anilines is 1. The van der Waals surface area contributed by atoms with Gasteiger partial charge in [-0.15, -0.1) is 0 Å². The topological polar surface area (TPSA) is 51.2 Å². The predicted molar refractivity (Wildman–Crippen MR) is 77.8 cm³/mol. The number of hydrogen-bond donors (Lipinski definition) is 1. The molecule has 0 atom stereocenters. The number of esters is 1. The van der Waals surface area contributed by atoms with Gasteiger partial charge in [0.1, 0.15) is 0 Å². The number of nitrogens with one attached hydrogen (secondary N) is 1. The molecule has 0 amide bonds. The van der Waals surface area contributed by atoms with E-state index in [-0.39, 0.29) is 5.97 Å². The first-order valence-electron chi connectivity index (χ1n) is 6.78. The molecular weight excluding hydrogens is 252 g/mol. The van der Waals surface area contributed by atoms with Gasteiger partial charge in [-0.2, -0.15) is 0 Å². The lowest BCUT2D eigenvalue weighted by Crippen LogP contribution is -2.04. The highest BCUT2D eigenvalue weighted by atomic mass is 16.5. The van der Waals surface area contributed by atoms with Crippen molar-refractivity contribution in [1.29, 1.82) is 0 Å². The molecule has 0 saturated heterocycles. The number of nitrogens with zero attached hydrogens (tertiary/aromatic N) is 1. The number of carbonyl (C=O) groups is 1. The smallest absolute Gasteiger partial charge is 0.338 e. The number of benzene rings is 1. The second-order valence-corrected chi connectivity index (χ2v) is 4.70. The van der Waals surface area contributed by atoms with Crippen molar-refractivity contribution in [2.45, 2.75) is 13.3 Å². The standard InChI is InChI=1S/C16H16N2O2/c1-2-20-16(19)12-5-3-4-11(8-12)14-9-15-13(10-18-14)6-7-17-15/h3-5,8-10,17H,2,6-7H2,1H3. The van der Waals surface area contributed by atoms with Crippen LogP contribution in [-0.2, 0) is 11.2 Å². The van der Waals surface area contributed by atoms with Crippen LogP contribution in [0.2, 0.25) is 0 Å². The molecule has 1 aromatic carbocycles. The number of hydrogen-bond acceptors (Lipinski definition) is 4. The number of pyridine rings is 1. The Labute approximate surface area is 117 Å². The fraction of sp³-hybridized carbons (Fsp3) is 0.250. The van der Waals surface area contributed by atoms with Crippen molar-refractivity contribution in [3.8, 4) is 11.3 Å². The number of fused-ring (bicyclic) bond motifs is 1.